The Balaban J connectivity index is 2.43. The fourth-order valence-electron chi connectivity index (χ4n) is 1.46. The minimum atomic E-state index is -0.0163. The predicted molar refractivity (Wildman–Crippen MR) is 43.4 cm³/mol. The first-order valence-electron chi connectivity index (χ1n) is 3.99. The van der Waals surface area contributed by atoms with E-state index in [0.29, 0.717) is 18.5 Å². The van der Waals surface area contributed by atoms with Crippen LogP contribution in [0.3, 0.4) is 0 Å². The lowest BCUT2D eigenvalue weighted by Gasteiger charge is -2.20. The van der Waals surface area contributed by atoms with E-state index in [9.17, 15) is 9.59 Å². The average molecular weight is 163 g/mol. The molecule has 0 aromatic carbocycles. The van der Waals surface area contributed by atoms with E-state index in [2.05, 4.69) is 5.32 Å². The molecule has 3 heteroatoms. The first kappa shape index (κ1) is 7.28. The normalized spacial score (nSPS) is 22.3. The molecule has 1 heterocycles. The summed E-state index contributed by atoms with van der Waals surface area (Å²) in [7, 11) is 0. The highest BCUT2D eigenvalue weighted by Gasteiger charge is 2.22. The monoisotopic (exact) mass is 163 g/mol. The summed E-state index contributed by atoms with van der Waals surface area (Å²) in [6.07, 6.45) is 4.74. The van der Waals surface area contributed by atoms with Crippen molar-refractivity contribution in [2.45, 2.75) is 12.8 Å². The van der Waals surface area contributed by atoms with Crippen LogP contribution in [0.1, 0.15) is 12.8 Å². The van der Waals surface area contributed by atoms with Gasteiger partial charge in [0.2, 0.25) is 0 Å². The van der Waals surface area contributed by atoms with Crippen LogP contribution in [0, 0.1) is 0 Å². The summed E-state index contributed by atoms with van der Waals surface area (Å²) < 4.78 is 0. The molecule has 0 aromatic rings. The molecule has 0 saturated heterocycles. The zero-order chi connectivity index (χ0) is 8.55. The van der Waals surface area contributed by atoms with Crippen molar-refractivity contribution in [3.8, 4) is 0 Å². The molecule has 2 aliphatic rings. The second kappa shape index (κ2) is 2.59. The molecule has 1 aliphatic carbocycles. The number of carbonyl (C=O) groups excluding carboxylic acids is 2. The molecule has 0 spiro atoms. The van der Waals surface area contributed by atoms with Crippen LogP contribution in [0.15, 0.2) is 23.4 Å². The standard InChI is InChI=1S/C9H9NO2/c11-6-4-7-8(10-5-6)2-1-3-9(7)12/h2,4,10H,1,3,5H2. The van der Waals surface area contributed by atoms with Crippen LogP contribution in [0.4, 0.5) is 0 Å². The van der Waals surface area contributed by atoms with Gasteiger partial charge in [-0.1, -0.05) is 6.08 Å². The highest BCUT2D eigenvalue weighted by Crippen LogP contribution is 2.20. The maximum atomic E-state index is 11.3. The molecule has 0 bridgehead atoms. The van der Waals surface area contributed by atoms with Gasteiger partial charge in [0, 0.05) is 17.7 Å². The van der Waals surface area contributed by atoms with Gasteiger partial charge < -0.3 is 5.32 Å². The Morgan fingerprint density at radius 1 is 1.33 bits per heavy atom. The van der Waals surface area contributed by atoms with E-state index < -0.39 is 0 Å². The van der Waals surface area contributed by atoms with Crippen molar-refractivity contribution >= 4 is 11.6 Å². The molecule has 62 valence electrons. The SMILES string of the molecule is O=C1C=C2C(=O)CCC=C2NC1. The summed E-state index contributed by atoms with van der Waals surface area (Å²) in [5.74, 6) is 0.0606. The Bertz CT molecular complexity index is 312. The summed E-state index contributed by atoms with van der Waals surface area (Å²) in [4.78, 5) is 22.2. The molecule has 0 saturated carbocycles. The van der Waals surface area contributed by atoms with E-state index in [0.717, 1.165) is 12.1 Å². The van der Waals surface area contributed by atoms with Gasteiger partial charge >= 0.3 is 0 Å². The van der Waals surface area contributed by atoms with Crippen molar-refractivity contribution in [1.29, 1.82) is 0 Å². The van der Waals surface area contributed by atoms with Gasteiger partial charge in [-0.15, -0.1) is 0 Å². The van der Waals surface area contributed by atoms with E-state index >= 15 is 0 Å². The molecule has 0 unspecified atom stereocenters. The second-order valence-electron chi connectivity index (χ2n) is 2.96. The molecule has 12 heavy (non-hydrogen) atoms. The van der Waals surface area contributed by atoms with Crippen LogP contribution in [-0.4, -0.2) is 18.1 Å². The summed E-state index contributed by atoms with van der Waals surface area (Å²) in [5, 5.41) is 2.92. The Labute approximate surface area is 70.1 Å². The van der Waals surface area contributed by atoms with Crippen molar-refractivity contribution in [3.05, 3.63) is 23.4 Å². The van der Waals surface area contributed by atoms with E-state index in [1.807, 2.05) is 6.08 Å². The van der Waals surface area contributed by atoms with Crippen LogP contribution in [0.5, 0.6) is 0 Å². The van der Waals surface area contributed by atoms with Crippen molar-refractivity contribution in [2.24, 2.45) is 0 Å². The fraction of sp³-hybridized carbons (Fsp3) is 0.333. The Kier molecular flexibility index (Phi) is 1.57. The number of carbonyl (C=O) groups is 2. The predicted octanol–water partition coefficient (Wildman–Crippen LogP) is 0.332. The Morgan fingerprint density at radius 3 is 3.00 bits per heavy atom. The lowest BCUT2D eigenvalue weighted by molar-refractivity contribution is -0.117. The number of Topliss-reactive ketones (excluding diaryl/α,β-unsaturated/α-hetero) is 1. The van der Waals surface area contributed by atoms with E-state index in [-0.39, 0.29) is 11.6 Å². The molecule has 1 N–H and O–H groups in total. The average Bonchev–Trinajstić information content (AvgIpc) is 2.07. The number of fused-ring (bicyclic) bond motifs is 1. The zero-order valence-corrected chi connectivity index (χ0v) is 6.59. The van der Waals surface area contributed by atoms with Gasteiger partial charge in [0.15, 0.2) is 11.6 Å². The lowest BCUT2D eigenvalue weighted by Crippen LogP contribution is -2.31. The fourth-order valence-corrected chi connectivity index (χ4v) is 1.46. The van der Waals surface area contributed by atoms with E-state index in [4.69, 9.17) is 0 Å². The first-order chi connectivity index (χ1) is 5.77. The number of rotatable bonds is 0. The quantitative estimate of drug-likeness (QED) is 0.559. The molecule has 0 atom stereocenters. The van der Waals surface area contributed by atoms with Crippen LogP contribution in [0.25, 0.3) is 0 Å². The topological polar surface area (TPSA) is 46.2 Å². The third-order valence-electron chi connectivity index (χ3n) is 2.07. The van der Waals surface area contributed by atoms with E-state index in [1.165, 1.54) is 6.08 Å². The van der Waals surface area contributed by atoms with Crippen molar-refractivity contribution in [2.75, 3.05) is 6.54 Å². The summed E-state index contributed by atoms with van der Waals surface area (Å²) in [6.45, 7) is 0.322. The van der Waals surface area contributed by atoms with Gasteiger partial charge in [0.05, 0.1) is 6.54 Å². The van der Waals surface area contributed by atoms with Crippen molar-refractivity contribution < 1.29 is 9.59 Å². The number of nitrogens with one attached hydrogen (secondary N) is 1. The Morgan fingerprint density at radius 2 is 2.17 bits per heavy atom. The third kappa shape index (κ3) is 1.07. The summed E-state index contributed by atoms with van der Waals surface area (Å²) in [5.41, 5.74) is 1.41. The highest BCUT2D eigenvalue weighted by atomic mass is 16.1. The molecule has 0 fully saturated rings. The van der Waals surface area contributed by atoms with Crippen molar-refractivity contribution in [3.63, 3.8) is 0 Å². The maximum absolute atomic E-state index is 11.3. The minimum absolute atomic E-state index is 0.0163. The van der Waals surface area contributed by atoms with Crippen LogP contribution >= 0.6 is 0 Å². The van der Waals surface area contributed by atoms with Gasteiger partial charge in [0.1, 0.15) is 0 Å². The number of hydrogen-bond acceptors (Lipinski definition) is 3. The summed E-state index contributed by atoms with van der Waals surface area (Å²) >= 11 is 0. The largest absolute Gasteiger partial charge is 0.377 e. The zero-order valence-electron chi connectivity index (χ0n) is 6.59. The van der Waals surface area contributed by atoms with Crippen LogP contribution < -0.4 is 5.32 Å². The van der Waals surface area contributed by atoms with Crippen molar-refractivity contribution in [1.82, 2.24) is 5.32 Å². The molecule has 0 aromatic heterocycles. The molecule has 3 nitrogen and oxygen atoms in total. The van der Waals surface area contributed by atoms with Gasteiger partial charge in [-0.05, 0) is 12.5 Å². The number of ketones is 2. The maximum Gasteiger partial charge on any atom is 0.175 e. The van der Waals surface area contributed by atoms with Gasteiger partial charge in [-0.3, -0.25) is 9.59 Å². The van der Waals surface area contributed by atoms with Gasteiger partial charge in [-0.2, -0.15) is 0 Å². The van der Waals surface area contributed by atoms with Crippen LogP contribution in [-0.2, 0) is 9.59 Å². The number of hydrogen-bond donors (Lipinski definition) is 1. The molecular weight excluding hydrogens is 154 g/mol. The summed E-state index contributed by atoms with van der Waals surface area (Å²) in [6, 6.07) is 0. The first-order valence-corrected chi connectivity index (χ1v) is 3.99. The van der Waals surface area contributed by atoms with Gasteiger partial charge in [0.25, 0.3) is 0 Å². The molecular formula is C9H9NO2. The lowest BCUT2D eigenvalue weighted by atomic mass is 9.94. The van der Waals surface area contributed by atoms with Crippen LogP contribution in [0.2, 0.25) is 0 Å². The Hall–Kier alpha value is -1.38. The van der Waals surface area contributed by atoms with E-state index in [1.54, 1.807) is 0 Å². The smallest absolute Gasteiger partial charge is 0.175 e. The van der Waals surface area contributed by atoms with Gasteiger partial charge in [-0.25, -0.2) is 0 Å². The third-order valence-corrected chi connectivity index (χ3v) is 2.07. The molecule has 1 aliphatic heterocycles. The number of allylic oxidation sites excluding steroid dienone is 2. The second-order valence-corrected chi connectivity index (χ2v) is 2.96. The molecule has 0 amide bonds. The molecule has 0 radical (unpaired) electrons. The minimum Gasteiger partial charge on any atom is -0.377 e. The highest BCUT2D eigenvalue weighted by molar-refractivity contribution is 6.08. The molecule has 2 rings (SSSR count).